The van der Waals surface area contributed by atoms with Crippen LogP contribution in [0.25, 0.3) is 19.5 Å². The molecule has 0 fully saturated rings. The molecule has 34 heavy (non-hydrogen) atoms. The predicted octanol–water partition coefficient (Wildman–Crippen LogP) is 9.55. The first-order valence-corrected chi connectivity index (χ1v) is 17.8. The smallest absolute Gasteiger partial charge is 0.209 e. The summed E-state index contributed by atoms with van der Waals surface area (Å²) in [5.41, 5.74) is 0. The zero-order valence-corrected chi connectivity index (χ0v) is 24.9. The van der Waals surface area contributed by atoms with E-state index in [2.05, 4.69) is 35.0 Å². The van der Waals surface area contributed by atoms with Crippen LogP contribution in [0.15, 0.2) is 38.3 Å². The van der Waals surface area contributed by atoms with Crippen molar-refractivity contribution >= 4 is 77.3 Å². The summed E-state index contributed by atoms with van der Waals surface area (Å²) < 4.78 is 27.7. The number of rotatable bonds is 14. The maximum atomic E-state index is 13.2. The number of alkyl halides is 1. The molecule has 0 atom stereocenters. The third kappa shape index (κ3) is 5.92. The van der Waals surface area contributed by atoms with Crippen molar-refractivity contribution in [2.24, 2.45) is 0 Å². The van der Waals surface area contributed by atoms with E-state index in [0.29, 0.717) is 21.1 Å². The van der Waals surface area contributed by atoms with Crippen molar-refractivity contribution in [1.82, 2.24) is 0 Å². The van der Waals surface area contributed by atoms with E-state index in [0.717, 1.165) is 43.4 Å². The van der Waals surface area contributed by atoms with Gasteiger partial charge in [0.15, 0.2) is 5.78 Å². The first-order valence-electron chi connectivity index (χ1n) is 11.8. The number of carbonyl (C=O) groups excluding carboxylic acids is 1. The number of fused-ring (bicyclic) bond motifs is 3. The highest BCUT2D eigenvalue weighted by Crippen LogP contribution is 2.54. The maximum absolute atomic E-state index is 13.2. The zero-order chi connectivity index (χ0) is 24.1. The van der Waals surface area contributed by atoms with Gasteiger partial charge in [-0.2, -0.15) is 0 Å². The van der Waals surface area contributed by atoms with Crippen LogP contribution in [0.1, 0.15) is 74.4 Å². The van der Waals surface area contributed by atoms with E-state index in [9.17, 15) is 13.2 Å². The van der Waals surface area contributed by atoms with Crippen molar-refractivity contribution in [2.45, 2.75) is 78.7 Å². The summed E-state index contributed by atoms with van der Waals surface area (Å²) >= 11 is 9.90. The zero-order valence-electron chi connectivity index (χ0n) is 19.2. The fraction of sp³-hybridized carbons (Fsp3) is 0.480. The lowest BCUT2D eigenvalue weighted by atomic mass is 10.1. The van der Waals surface area contributed by atoms with Crippen molar-refractivity contribution < 1.29 is 13.2 Å². The molecule has 9 heteroatoms. The van der Waals surface area contributed by atoms with E-state index in [1.165, 1.54) is 65.4 Å². The van der Waals surface area contributed by atoms with Crippen molar-refractivity contribution in [3.05, 3.63) is 29.1 Å². The number of ketones is 1. The second-order valence-corrected chi connectivity index (χ2v) is 15.7. The van der Waals surface area contributed by atoms with Gasteiger partial charge in [-0.15, -0.1) is 45.8 Å². The van der Waals surface area contributed by atoms with Gasteiger partial charge in [0.25, 0.3) is 0 Å². The Balaban J connectivity index is 1.44. The second kappa shape index (κ2) is 12.2. The van der Waals surface area contributed by atoms with E-state index in [-0.39, 0.29) is 5.78 Å². The van der Waals surface area contributed by atoms with Gasteiger partial charge in [-0.3, -0.25) is 4.79 Å². The quantitative estimate of drug-likeness (QED) is 0.0612. The topological polar surface area (TPSA) is 51.2 Å². The summed E-state index contributed by atoms with van der Waals surface area (Å²) in [6.07, 6.45) is 10.0. The molecule has 3 nitrogen and oxygen atoms in total. The number of sulfone groups is 1. The van der Waals surface area contributed by atoms with Gasteiger partial charge in [0, 0.05) is 21.5 Å². The summed E-state index contributed by atoms with van der Waals surface area (Å²) in [6, 6.07) is 7.69. The van der Waals surface area contributed by atoms with Crippen LogP contribution >= 0.6 is 61.7 Å². The van der Waals surface area contributed by atoms with E-state index in [1.807, 2.05) is 17.8 Å². The Labute approximate surface area is 227 Å². The highest BCUT2D eigenvalue weighted by atomic mass is 79.9. The van der Waals surface area contributed by atoms with Gasteiger partial charge in [-0.05, 0) is 49.3 Å². The molecule has 0 saturated carbocycles. The molecule has 0 aliphatic carbocycles. The van der Waals surface area contributed by atoms with E-state index >= 15 is 0 Å². The summed E-state index contributed by atoms with van der Waals surface area (Å²) in [6.45, 7) is 2.24. The van der Waals surface area contributed by atoms with Crippen LogP contribution in [0.3, 0.4) is 0 Å². The molecule has 184 valence electrons. The first kappa shape index (κ1) is 26.6. The van der Waals surface area contributed by atoms with Crippen LogP contribution in [0.5, 0.6) is 0 Å². The van der Waals surface area contributed by atoms with E-state index < -0.39 is 9.84 Å². The molecule has 0 saturated heterocycles. The SMILES string of the molecule is CCCCCCCCSc1ccc(-c2cc3c(s2)-c2sc(C(=O)CCCCBr)cc2S3(=O)=O)s1. The number of thioether (sulfide) groups is 1. The summed E-state index contributed by atoms with van der Waals surface area (Å²) in [5.74, 6) is 1.17. The van der Waals surface area contributed by atoms with Gasteiger partial charge in [0.2, 0.25) is 9.84 Å². The minimum atomic E-state index is -3.55. The summed E-state index contributed by atoms with van der Waals surface area (Å²) in [7, 11) is -3.55. The van der Waals surface area contributed by atoms with Gasteiger partial charge in [0.05, 0.1) is 28.6 Å². The van der Waals surface area contributed by atoms with Gasteiger partial charge in [-0.1, -0.05) is 55.0 Å². The molecule has 0 spiro atoms. The minimum Gasteiger partial charge on any atom is -0.293 e. The van der Waals surface area contributed by atoms with Gasteiger partial charge in [0.1, 0.15) is 0 Å². The van der Waals surface area contributed by atoms with Crippen molar-refractivity contribution in [1.29, 1.82) is 0 Å². The molecular weight excluding hydrogens is 589 g/mol. The number of unbranched alkanes of at least 4 members (excludes halogenated alkanes) is 6. The summed E-state index contributed by atoms with van der Waals surface area (Å²) in [4.78, 5) is 17.5. The Morgan fingerprint density at radius 3 is 2.41 bits per heavy atom. The number of carbonyl (C=O) groups is 1. The fourth-order valence-electron chi connectivity index (χ4n) is 3.93. The number of halogens is 1. The first-order chi connectivity index (χ1) is 16.5. The molecule has 0 N–H and O–H groups in total. The largest absolute Gasteiger partial charge is 0.293 e. The Morgan fingerprint density at radius 2 is 1.62 bits per heavy atom. The predicted molar refractivity (Wildman–Crippen MR) is 152 cm³/mol. The van der Waals surface area contributed by atoms with Crippen LogP contribution in [0, 0.1) is 0 Å². The Kier molecular flexibility index (Phi) is 9.54. The fourth-order valence-corrected chi connectivity index (χ4v) is 11.5. The molecule has 0 radical (unpaired) electrons. The monoisotopic (exact) mass is 616 g/mol. The van der Waals surface area contributed by atoms with Gasteiger partial charge in [-0.25, -0.2) is 8.42 Å². The number of hydrogen-bond acceptors (Lipinski definition) is 7. The molecule has 1 aliphatic rings. The maximum Gasteiger partial charge on any atom is 0.209 e. The number of hydrogen-bond donors (Lipinski definition) is 0. The summed E-state index contributed by atoms with van der Waals surface area (Å²) in [5, 5.41) is 0.874. The number of Topliss-reactive ketones (excluding diaryl/α,β-unsaturated/α-hetero) is 1. The van der Waals surface area contributed by atoms with E-state index in [4.69, 9.17) is 0 Å². The van der Waals surface area contributed by atoms with Gasteiger partial charge >= 0.3 is 0 Å². The highest BCUT2D eigenvalue weighted by Gasteiger charge is 2.38. The molecule has 0 unspecified atom stereocenters. The van der Waals surface area contributed by atoms with Crippen molar-refractivity contribution in [3.63, 3.8) is 0 Å². The third-order valence-corrected chi connectivity index (χ3v) is 13.5. The van der Waals surface area contributed by atoms with Gasteiger partial charge < -0.3 is 0 Å². The molecular formula is C25H29BrO3S5. The average Bonchev–Trinajstić information content (AvgIpc) is 3.58. The lowest BCUT2D eigenvalue weighted by Crippen LogP contribution is -1.98. The van der Waals surface area contributed by atoms with E-state index in [1.54, 1.807) is 17.4 Å². The molecule has 4 heterocycles. The molecule has 0 amide bonds. The lowest BCUT2D eigenvalue weighted by Gasteiger charge is -2.00. The third-order valence-electron chi connectivity index (χ3n) is 5.81. The molecule has 3 aromatic rings. The normalized spacial score (nSPS) is 13.8. The molecule has 1 aliphatic heterocycles. The number of thiophene rings is 3. The van der Waals surface area contributed by atoms with Crippen LogP contribution in [-0.2, 0) is 9.84 Å². The standard InChI is InChI=1S/C25H29BrO3S5/c1-2-3-4-5-6-9-14-30-23-12-11-18(31-23)20-16-22-25(33-20)24-21(34(22,28)29)15-19(32-24)17(27)10-7-8-13-26/h11-12,15-16H,2-10,13-14H2,1H3. The van der Waals surface area contributed by atoms with Crippen molar-refractivity contribution in [3.8, 4) is 19.5 Å². The lowest BCUT2D eigenvalue weighted by molar-refractivity contribution is 0.0983. The molecule has 0 bridgehead atoms. The average molecular weight is 618 g/mol. The molecule has 0 aromatic carbocycles. The Bertz CT molecular complexity index is 1240. The molecule has 4 rings (SSSR count). The minimum absolute atomic E-state index is 0.0409. The second-order valence-electron chi connectivity index (χ2n) is 8.42. The molecule has 3 aromatic heterocycles. The van der Waals surface area contributed by atoms with Crippen LogP contribution in [-0.4, -0.2) is 25.3 Å². The van der Waals surface area contributed by atoms with Crippen molar-refractivity contribution in [2.75, 3.05) is 11.1 Å². The van der Waals surface area contributed by atoms with Crippen LogP contribution < -0.4 is 0 Å². The Hall–Kier alpha value is -0.450. The van der Waals surface area contributed by atoms with Crippen LogP contribution in [0.2, 0.25) is 0 Å². The Morgan fingerprint density at radius 1 is 0.882 bits per heavy atom. The highest BCUT2D eigenvalue weighted by molar-refractivity contribution is 9.09. The van der Waals surface area contributed by atoms with Crippen LogP contribution in [0.4, 0.5) is 0 Å².